The average molecular weight is 216 g/mol. The summed E-state index contributed by atoms with van der Waals surface area (Å²) in [5.74, 6) is 1.30. The summed E-state index contributed by atoms with van der Waals surface area (Å²) in [6.07, 6.45) is 2.75. The van der Waals surface area contributed by atoms with Crippen LogP contribution >= 0.6 is 0 Å². The summed E-state index contributed by atoms with van der Waals surface area (Å²) < 4.78 is 29.0. The van der Waals surface area contributed by atoms with Gasteiger partial charge in [0.25, 0.3) is 10.1 Å². The molecule has 3 fully saturated rings. The van der Waals surface area contributed by atoms with E-state index in [1.807, 2.05) is 0 Å². The van der Waals surface area contributed by atoms with Gasteiger partial charge in [0.2, 0.25) is 0 Å². The molecule has 2 saturated carbocycles. The maximum Gasteiger partial charge on any atom is 0.271 e. The molecule has 0 aromatic rings. The second-order valence-corrected chi connectivity index (χ2v) is 6.81. The minimum atomic E-state index is -3.23. The normalized spacial score (nSPS) is 58.1. The Morgan fingerprint density at radius 2 is 2.14 bits per heavy atom. The summed E-state index contributed by atoms with van der Waals surface area (Å²) in [5.41, 5.74) is -0.327. The van der Waals surface area contributed by atoms with Crippen LogP contribution in [0.2, 0.25) is 0 Å². The molecule has 0 aromatic heterocycles. The van der Waals surface area contributed by atoms with Gasteiger partial charge in [0, 0.05) is 5.92 Å². The molecule has 0 spiro atoms. The largest absolute Gasteiger partial charge is 0.271 e. The Morgan fingerprint density at radius 1 is 1.43 bits per heavy atom. The summed E-state index contributed by atoms with van der Waals surface area (Å²) >= 11 is 0. The lowest BCUT2D eigenvalue weighted by molar-refractivity contribution is 0.00688. The summed E-state index contributed by atoms with van der Waals surface area (Å²) in [5, 5.41) is -0.177. The van der Waals surface area contributed by atoms with Crippen LogP contribution in [-0.2, 0) is 14.3 Å². The molecule has 1 saturated heterocycles. The van der Waals surface area contributed by atoms with Crippen molar-refractivity contribution in [1.29, 1.82) is 0 Å². The van der Waals surface area contributed by atoms with Crippen LogP contribution in [-0.4, -0.2) is 19.3 Å². The third kappa shape index (κ3) is 0.770. The Balaban J connectivity index is 2.16. The maximum absolute atomic E-state index is 11.8. The van der Waals surface area contributed by atoms with Crippen molar-refractivity contribution in [2.45, 2.75) is 44.0 Å². The fraction of sp³-hybridized carbons (Fsp3) is 1.00. The zero-order valence-corrected chi connectivity index (χ0v) is 9.38. The van der Waals surface area contributed by atoms with E-state index in [1.165, 1.54) is 0 Å². The summed E-state index contributed by atoms with van der Waals surface area (Å²) in [6, 6.07) is 0. The van der Waals surface area contributed by atoms with Crippen LogP contribution in [0.5, 0.6) is 0 Å². The van der Waals surface area contributed by atoms with Gasteiger partial charge in [-0.3, -0.25) is 4.18 Å². The van der Waals surface area contributed by atoms with E-state index in [2.05, 4.69) is 13.8 Å². The van der Waals surface area contributed by atoms with Crippen LogP contribution in [0.3, 0.4) is 0 Å². The quantitative estimate of drug-likeness (QED) is 0.624. The van der Waals surface area contributed by atoms with Crippen molar-refractivity contribution in [3.63, 3.8) is 0 Å². The van der Waals surface area contributed by atoms with Crippen molar-refractivity contribution in [2.75, 3.05) is 0 Å². The predicted octanol–water partition coefficient (Wildman–Crippen LogP) is 1.54. The average Bonchev–Trinajstić information content (AvgIpc) is 2.69. The van der Waals surface area contributed by atoms with Crippen molar-refractivity contribution in [3.8, 4) is 0 Å². The molecule has 0 radical (unpaired) electrons. The van der Waals surface area contributed by atoms with Gasteiger partial charge in [0.15, 0.2) is 0 Å². The summed E-state index contributed by atoms with van der Waals surface area (Å²) in [6.45, 7) is 4.21. The second kappa shape index (κ2) is 2.35. The number of hydrogen-bond acceptors (Lipinski definition) is 3. The van der Waals surface area contributed by atoms with E-state index >= 15 is 0 Å². The Morgan fingerprint density at radius 3 is 2.64 bits per heavy atom. The van der Waals surface area contributed by atoms with Crippen LogP contribution in [0.4, 0.5) is 0 Å². The van der Waals surface area contributed by atoms with Crippen LogP contribution in [0.1, 0.15) is 33.1 Å². The SMILES string of the molecule is CCC12OS(=O)(=O)C3CC(CC31)C2C. The predicted molar refractivity (Wildman–Crippen MR) is 52.2 cm³/mol. The van der Waals surface area contributed by atoms with Gasteiger partial charge in [0.1, 0.15) is 0 Å². The smallest absolute Gasteiger partial charge is 0.263 e. The molecule has 2 aliphatic carbocycles. The highest BCUT2D eigenvalue weighted by atomic mass is 32.2. The van der Waals surface area contributed by atoms with E-state index < -0.39 is 10.1 Å². The molecule has 1 heterocycles. The zero-order valence-electron chi connectivity index (χ0n) is 8.56. The van der Waals surface area contributed by atoms with Gasteiger partial charge in [-0.15, -0.1) is 0 Å². The highest BCUT2D eigenvalue weighted by Crippen LogP contribution is 2.64. The first-order valence-corrected chi connectivity index (χ1v) is 6.93. The number of fused-ring (bicyclic) bond motifs is 1. The molecule has 4 heteroatoms. The van der Waals surface area contributed by atoms with Crippen molar-refractivity contribution in [3.05, 3.63) is 0 Å². The van der Waals surface area contributed by atoms with Gasteiger partial charge in [0.05, 0.1) is 10.9 Å². The lowest BCUT2D eigenvalue weighted by Gasteiger charge is -2.34. The van der Waals surface area contributed by atoms with E-state index in [0.717, 1.165) is 19.3 Å². The maximum atomic E-state index is 11.8. The Bertz CT molecular complexity index is 375. The molecule has 5 unspecified atom stereocenters. The minimum absolute atomic E-state index is 0.177. The van der Waals surface area contributed by atoms with E-state index in [4.69, 9.17) is 4.18 Å². The number of hydrogen-bond donors (Lipinski definition) is 0. The van der Waals surface area contributed by atoms with Gasteiger partial charge < -0.3 is 0 Å². The zero-order chi connectivity index (χ0) is 10.1. The van der Waals surface area contributed by atoms with Crippen molar-refractivity contribution >= 4 is 10.1 Å². The monoisotopic (exact) mass is 216 g/mol. The highest BCUT2D eigenvalue weighted by molar-refractivity contribution is 7.87. The van der Waals surface area contributed by atoms with Crippen LogP contribution in [0.25, 0.3) is 0 Å². The first kappa shape index (κ1) is 9.16. The van der Waals surface area contributed by atoms with E-state index in [9.17, 15) is 8.42 Å². The molecule has 2 bridgehead atoms. The lowest BCUT2D eigenvalue weighted by atomic mass is 9.75. The Kier molecular flexibility index (Phi) is 1.54. The molecule has 3 rings (SSSR count). The van der Waals surface area contributed by atoms with Gasteiger partial charge in [-0.05, 0) is 31.1 Å². The van der Waals surface area contributed by atoms with Gasteiger partial charge in [-0.25, -0.2) is 0 Å². The van der Waals surface area contributed by atoms with E-state index in [1.54, 1.807) is 0 Å². The van der Waals surface area contributed by atoms with Gasteiger partial charge in [-0.2, -0.15) is 8.42 Å². The highest BCUT2D eigenvalue weighted by Gasteiger charge is 2.70. The molecule has 14 heavy (non-hydrogen) atoms. The lowest BCUT2D eigenvalue weighted by Crippen LogP contribution is -2.41. The topological polar surface area (TPSA) is 43.4 Å². The Hall–Kier alpha value is -0.0900. The standard InChI is InChI=1S/C10H16O3S/c1-3-10-6(2)7-4-8(10)9(5-7)14(11,12)13-10/h6-9H,3-5H2,1-2H3. The first-order valence-electron chi connectivity index (χ1n) is 5.45. The molecule has 3 nitrogen and oxygen atoms in total. The van der Waals surface area contributed by atoms with E-state index in [0.29, 0.717) is 11.8 Å². The van der Waals surface area contributed by atoms with Crippen molar-refractivity contribution in [2.24, 2.45) is 17.8 Å². The molecule has 5 atom stereocenters. The fourth-order valence-corrected chi connectivity index (χ4v) is 6.25. The molecule has 80 valence electrons. The molecular weight excluding hydrogens is 200 g/mol. The van der Waals surface area contributed by atoms with Crippen LogP contribution in [0.15, 0.2) is 0 Å². The summed E-state index contributed by atoms with van der Waals surface area (Å²) in [7, 11) is -3.23. The molecule has 1 aliphatic heterocycles. The molecule has 3 aliphatic rings. The van der Waals surface area contributed by atoms with Crippen molar-refractivity contribution in [1.82, 2.24) is 0 Å². The third-order valence-corrected chi connectivity index (χ3v) is 6.65. The van der Waals surface area contributed by atoms with E-state index in [-0.39, 0.29) is 16.8 Å². The first-order chi connectivity index (χ1) is 6.51. The third-order valence-electron chi connectivity index (χ3n) is 4.84. The van der Waals surface area contributed by atoms with Crippen LogP contribution in [0, 0.1) is 17.8 Å². The van der Waals surface area contributed by atoms with Crippen LogP contribution < -0.4 is 0 Å². The molecule has 0 N–H and O–H groups in total. The minimum Gasteiger partial charge on any atom is -0.263 e. The van der Waals surface area contributed by atoms with Crippen molar-refractivity contribution < 1.29 is 12.6 Å². The molecule has 0 amide bonds. The summed E-state index contributed by atoms with van der Waals surface area (Å²) in [4.78, 5) is 0. The molecular formula is C10H16O3S. The molecule has 0 aromatic carbocycles. The van der Waals surface area contributed by atoms with Gasteiger partial charge in [-0.1, -0.05) is 13.8 Å². The second-order valence-electron chi connectivity index (χ2n) is 5.05. The fourth-order valence-electron chi connectivity index (χ4n) is 4.07. The number of rotatable bonds is 1. The Labute approximate surface area is 85.0 Å². The van der Waals surface area contributed by atoms with Gasteiger partial charge >= 0.3 is 0 Å².